The van der Waals surface area contributed by atoms with Gasteiger partial charge in [0.15, 0.2) is 6.29 Å². The largest absolute Gasteiger partial charge is 0.457 e. The molecule has 352 valence electrons. The highest BCUT2D eigenvalue weighted by Gasteiger charge is 2.44. The average molecular weight is 859 g/mol. The summed E-state index contributed by atoms with van der Waals surface area (Å²) in [5.41, 5.74) is 0. The standard InChI is InChI=1S/C52H90O9/c1-3-5-7-9-11-13-15-17-19-21-22-23-24-25-27-29-31-33-35-37-39-41-48(54)60-46(45-59-52-51(57)50(56)49(55)47(43-53)61-52)44-58-42-40-38-36-34-32-30-28-26-20-18-16-14-12-10-8-6-4-2/h5,7,11,13,17,19-20,22-23,25-27,46-47,49-53,55-57H,3-4,6,8-10,12,14-16,18,21,24,28-45H2,1-2H3/b7-5-,13-11-,19-17-,23-22-,26-20-,27-25-. The van der Waals surface area contributed by atoms with E-state index in [-0.39, 0.29) is 19.2 Å². The highest BCUT2D eigenvalue weighted by atomic mass is 16.7. The van der Waals surface area contributed by atoms with Gasteiger partial charge in [0, 0.05) is 13.0 Å². The molecular formula is C52H90O9. The molecule has 0 spiro atoms. The van der Waals surface area contributed by atoms with E-state index in [1.54, 1.807) is 0 Å². The molecule has 1 aliphatic heterocycles. The summed E-state index contributed by atoms with van der Waals surface area (Å²) in [6, 6.07) is 0. The predicted octanol–water partition coefficient (Wildman–Crippen LogP) is 11.6. The van der Waals surface area contributed by atoms with Crippen molar-refractivity contribution in [1.29, 1.82) is 0 Å². The fourth-order valence-corrected chi connectivity index (χ4v) is 7.04. The summed E-state index contributed by atoms with van der Waals surface area (Å²) >= 11 is 0. The maximum Gasteiger partial charge on any atom is 0.306 e. The topological polar surface area (TPSA) is 135 Å². The van der Waals surface area contributed by atoms with Crippen LogP contribution in [-0.2, 0) is 23.7 Å². The Balaban J connectivity index is 2.26. The average Bonchev–Trinajstić information content (AvgIpc) is 3.26. The first-order valence-electron chi connectivity index (χ1n) is 24.5. The molecule has 61 heavy (non-hydrogen) atoms. The van der Waals surface area contributed by atoms with Crippen molar-refractivity contribution < 1.29 is 44.2 Å². The van der Waals surface area contributed by atoms with E-state index >= 15 is 0 Å². The molecule has 0 aromatic rings. The van der Waals surface area contributed by atoms with E-state index in [4.69, 9.17) is 18.9 Å². The number of carbonyl (C=O) groups is 1. The van der Waals surface area contributed by atoms with Crippen LogP contribution in [0.25, 0.3) is 0 Å². The highest BCUT2D eigenvalue weighted by molar-refractivity contribution is 5.69. The first-order valence-corrected chi connectivity index (χ1v) is 24.5. The van der Waals surface area contributed by atoms with Crippen molar-refractivity contribution in [3.8, 4) is 0 Å². The van der Waals surface area contributed by atoms with Crippen LogP contribution in [-0.4, -0.2) is 89.6 Å². The van der Waals surface area contributed by atoms with Crippen LogP contribution in [0.3, 0.4) is 0 Å². The van der Waals surface area contributed by atoms with Gasteiger partial charge in [0.1, 0.15) is 30.5 Å². The summed E-state index contributed by atoms with van der Waals surface area (Å²) in [7, 11) is 0. The number of aliphatic hydroxyl groups excluding tert-OH is 4. The molecular weight excluding hydrogens is 769 g/mol. The Hall–Kier alpha value is -2.37. The van der Waals surface area contributed by atoms with E-state index < -0.39 is 43.4 Å². The van der Waals surface area contributed by atoms with Crippen LogP contribution in [0.1, 0.15) is 187 Å². The predicted molar refractivity (Wildman–Crippen MR) is 251 cm³/mol. The van der Waals surface area contributed by atoms with E-state index in [1.807, 2.05) is 0 Å². The highest BCUT2D eigenvalue weighted by Crippen LogP contribution is 2.22. The van der Waals surface area contributed by atoms with Gasteiger partial charge in [-0.1, -0.05) is 170 Å². The lowest BCUT2D eigenvalue weighted by atomic mass is 9.99. The minimum absolute atomic E-state index is 0.127. The SMILES string of the molecule is CC/C=C\C/C=C\C/C=C\C/C=C\C/C=C\CCCCCCCC(=O)OC(COCCCCCCCC/C=C\CCCCCCCCC)COC1OC(CO)C(O)C(O)C1O. The summed E-state index contributed by atoms with van der Waals surface area (Å²) in [6.07, 6.45) is 49.2. The lowest BCUT2D eigenvalue weighted by Crippen LogP contribution is -2.59. The summed E-state index contributed by atoms with van der Waals surface area (Å²) in [6.45, 7) is 4.40. The molecule has 0 aromatic heterocycles. The van der Waals surface area contributed by atoms with E-state index in [1.165, 1.54) is 70.6 Å². The van der Waals surface area contributed by atoms with Gasteiger partial charge in [0.25, 0.3) is 0 Å². The molecule has 9 nitrogen and oxygen atoms in total. The summed E-state index contributed by atoms with van der Waals surface area (Å²) in [5.74, 6) is -0.336. The number of allylic oxidation sites excluding steroid dienone is 12. The van der Waals surface area contributed by atoms with Gasteiger partial charge in [-0.3, -0.25) is 4.79 Å². The third kappa shape index (κ3) is 33.8. The number of ether oxygens (including phenoxy) is 4. The van der Waals surface area contributed by atoms with Crippen molar-refractivity contribution >= 4 is 5.97 Å². The molecule has 1 fully saturated rings. The molecule has 1 heterocycles. The molecule has 9 heteroatoms. The summed E-state index contributed by atoms with van der Waals surface area (Å²) in [5, 5.41) is 40.2. The molecule has 0 radical (unpaired) electrons. The molecule has 0 amide bonds. The van der Waals surface area contributed by atoms with E-state index in [9.17, 15) is 25.2 Å². The van der Waals surface area contributed by atoms with Gasteiger partial charge >= 0.3 is 5.97 Å². The third-order valence-corrected chi connectivity index (χ3v) is 10.9. The Morgan fingerprint density at radius 3 is 1.52 bits per heavy atom. The molecule has 1 rings (SSSR count). The first kappa shape index (κ1) is 56.6. The molecule has 1 aliphatic rings. The zero-order valence-corrected chi connectivity index (χ0v) is 38.6. The Morgan fingerprint density at radius 2 is 1.00 bits per heavy atom. The molecule has 0 saturated carbocycles. The van der Waals surface area contributed by atoms with Crippen LogP contribution in [0.4, 0.5) is 0 Å². The Labute approximate surface area is 372 Å². The minimum atomic E-state index is -1.54. The van der Waals surface area contributed by atoms with Gasteiger partial charge in [-0.2, -0.15) is 0 Å². The number of hydrogen-bond acceptors (Lipinski definition) is 9. The van der Waals surface area contributed by atoms with Crippen molar-refractivity contribution in [3.63, 3.8) is 0 Å². The smallest absolute Gasteiger partial charge is 0.306 e. The Bertz CT molecular complexity index is 1160. The lowest BCUT2D eigenvalue weighted by Gasteiger charge is -2.39. The molecule has 0 aromatic carbocycles. The van der Waals surface area contributed by atoms with Crippen LogP contribution in [0.5, 0.6) is 0 Å². The molecule has 0 bridgehead atoms. The van der Waals surface area contributed by atoms with Gasteiger partial charge in [-0.05, 0) is 83.5 Å². The number of esters is 1. The van der Waals surface area contributed by atoms with E-state index in [0.717, 1.165) is 96.3 Å². The van der Waals surface area contributed by atoms with Crippen LogP contribution in [0.2, 0.25) is 0 Å². The normalized spacial score (nSPS) is 20.5. The number of rotatable bonds is 41. The van der Waals surface area contributed by atoms with Crippen LogP contribution in [0, 0.1) is 0 Å². The second-order valence-corrected chi connectivity index (χ2v) is 16.5. The maximum absolute atomic E-state index is 12.8. The van der Waals surface area contributed by atoms with Gasteiger partial charge in [-0.25, -0.2) is 0 Å². The second-order valence-electron chi connectivity index (χ2n) is 16.5. The molecule has 0 aliphatic carbocycles. The van der Waals surface area contributed by atoms with E-state index in [0.29, 0.717) is 13.0 Å². The zero-order chi connectivity index (χ0) is 44.3. The van der Waals surface area contributed by atoms with Crippen LogP contribution >= 0.6 is 0 Å². The number of unbranched alkanes of at least 4 members (excludes halogenated alkanes) is 18. The maximum atomic E-state index is 12.8. The number of aliphatic hydroxyl groups is 4. The second kappa shape index (κ2) is 42.9. The van der Waals surface area contributed by atoms with Gasteiger partial charge in [-0.15, -0.1) is 0 Å². The van der Waals surface area contributed by atoms with Crippen LogP contribution < -0.4 is 0 Å². The molecule has 6 atom stereocenters. The lowest BCUT2D eigenvalue weighted by molar-refractivity contribution is -0.305. The minimum Gasteiger partial charge on any atom is -0.457 e. The fourth-order valence-electron chi connectivity index (χ4n) is 7.04. The van der Waals surface area contributed by atoms with Gasteiger partial charge in [0.05, 0.1) is 19.8 Å². The van der Waals surface area contributed by atoms with Crippen molar-refractivity contribution in [1.82, 2.24) is 0 Å². The summed E-state index contributed by atoms with van der Waals surface area (Å²) < 4.78 is 22.8. The first-order chi connectivity index (χ1) is 29.9. The van der Waals surface area contributed by atoms with Crippen molar-refractivity contribution in [2.24, 2.45) is 0 Å². The molecule has 1 saturated heterocycles. The molecule has 6 unspecified atom stereocenters. The number of carbonyl (C=O) groups excluding carboxylic acids is 1. The zero-order valence-electron chi connectivity index (χ0n) is 38.6. The van der Waals surface area contributed by atoms with Gasteiger partial charge in [0.2, 0.25) is 0 Å². The van der Waals surface area contributed by atoms with Crippen molar-refractivity contribution in [2.45, 2.75) is 224 Å². The summed E-state index contributed by atoms with van der Waals surface area (Å²) in [4.78, 5) is 12.8. The Kier molecular flexibility index (Phi) is 39.8. The quantitative estimate of drug-likeness (QED) is 0.0269. The van der Waals surface area contributed by atoms with E-state index in [2.05, 4.69) is 86.8 Å². The number of hydrogen-bond donors (Lipinski definition) is 4. The third-order valence-electron chi connectivity index (χ3n) is 10.9. The van der Waals surface area contributed by atoms with Crippen molar-refractivity contribution in [3.05, 3.63) is 72.9 Å². The van der Waals surface area contributed by atoms with Crippen molar-refractivity contribution in [2.75, 3.05) is 26.4 Å². The van der Waals surface area contributed by atoms with Crippen LogP contribution in [0.15, 0.2) is 72.9 Å². The monoisotopic (exact) mass is 859 g/mol. The Morgan fingerprint density at radius 1 is 0.541 bits per heavy atom. The van der Waals surface area contributed by atoms with Gasteiger partial charge < -0.3 is 39.4 Å². The fraction of sp³-hybridized carbons (Fsp3) is 0.750. The molecule has 4 N–H and O–H groups in total.